The van der Waals surface area contributed by atoms with Crippen molar-refractivity contribution >= 4 is 5.84 Å². The molecular weight excluding hydrogens is 160 g/mol. The van der Waals surface area contributed by atoms with E-state index in [-0.39, 0.29) is 0 Å². The fourth-order valence-corrected chi connectivity index (χ4v) is 2.51. The molecule has 0 aromatic carbocycles. The lowest BCUT2D eigenvalue weighted by Gasteiger charge is -2.39. The molecule has 0 radical (unpaired) electrons. The molecule has 2 heterocycles. The van der Waals surface area contributed by atoms with E-state index < -0.39 is 0 Å². The zero-order valence-corrected chi connectivity index (χ0v) is 8.79. The molecule has 0 amide bonds. The zero-order valence-electron chi connectivity index (χ0n) is 8.79. The van der Waals surface area contributed by atoms with Crippen LogP contribution in [0.5, 0.6) is 0 Å². The first-order valence-corrected chi connectivity index (χ1v) is 5.58. The molecule has 0 saturated carbocycles. The Morgan fingerprint density at radius 2 is 2.08 bits per heavy atom. The molecule has 74 valence electrons. The van der Waals surface area contributed by atoms with Crippen LogP contribution in [-0.4, -0.2) is 30.4 Å². The van der Waals surface area contributed by atoms with Crippen molar-refractivity contribution in [2.24, 2.45) is 16.8 Å². The van der Waals surface area contributed by atoms with Crippen molar-refractivity contribution in [1.82, 2.24) is 4.90 Å². The standard InChI is InChI=1S/C11H20N2/c1-9(2)10-5-3-7-13-8-4-6-12-11(10)13/h9-10H,3-8H2,1-2H3. The molecule has 1 atom stereocenters. The summed E-state index contributed by atoms with van der Waals surface area (Å²) in [6.45, 7) is 8.22. The number of nitrogens with zero attached hydrogens (tertiary/aromatic N) is 2. The van der Waals surface area contributed by atoms with E-state index in [9.17, 15) is 0 Å². The van der Waals surface area contributed by atoms with Crippen molar-refractivity contribution in [3.8, 4) is 0 Å². The summed E-state index contributed by atoms with van der Waals surface area (Å²) in [6, 6.07) is 0. The molecule has 2 aliphatic heterocycles. The summed E-state index contributed by atoms with van der Waals surface area (Å²) in [5.41, 5.74) is 0. The van der Waals surface area contributed by atoms with E-state index in [0.29, 0.717) is 0 Å². The van der Waals surface area contributed by atoms with Gasteiger partial charge in [0.05, 0.1) is 0 Å². The maximum atomic E-state index is 4.70. The van der Waals surface area contributed by atoms with E-state index in [4.69, 9.17) is 4.99 Å². The van der Waals surface area contributed by atoms with Crippen LogP contribution in [-0.2, 0) is 0 Å². The molecule has 0 N–H and O–H groups in total. The van der Waals surface area contributed by atoms with Gasteiger partial charge in [-0.2, -0.15) is 0 Å². The molecule has 0 aliphatic carbocycles. The molecule has 0 aromatic rings. The Balaban J connectivity index is 2.15. The smallest absolute Gasteiger partial charge is 0.102 e. The Kier molecular flexibility index (Phi) is 2.56. The van der Waals surface area contributed by atoms with E-state index in [1.54, 1.807) is 0 Å². The Hall–Kier alpha value is -0.530. The number of fused-ring (bicyclic) bond motifs is 1. The van der Waals surface area contributed by atoms with E-state index in [1.165, 1.54) is 38.2 Å². The minimum atomic E-state index is 0.744. The fraction of sp³-hybridized carbons (Fsp3) is 0.909. The van der Waals surface area contributed by atoms with Gasteiger partial charge in [-0.05, 0) is 25.2 Å². The Morgan fingerprint density at radius 3 is 2.85 bits per heavy atom. The Morgan fingerprint density at radius 1 is 1.31 bits per heavy atom. The highest BCUT2D eigenvalue weighted by atomic mass is 15.2. The predicted octanol–water partition coefficient (Wildman–Crippen LogP) is 2.16. The maximum absolute atomic E-state index is 4.70. The number of amidine groups is 1. The van der Waals surface area contributed by atoms with Gasteiger partial charge in [-0.25, -0.2) is 0 Å². The van der Waals surface area contributed by atoms with Crippen LogP contribution < -0.4 is 0 Å². The monoisotopic (exact) mass is 180 g/mol. The van der Waals surface area contributed by atoms with Crippen molar-refractivity contribution in [3.05, 3.63) is 0 Å². The number of hydrogen-bond donors (Lipinski definition) is 0. The highest BCUT2D eigenvalue weighted by Gasteiger charge is 2.29. The van der Waals surface area contributed by atoms with Gasteiger partial charge in [0.1, 0.15) is 5.84 Å². The molecule has 0 aromatic heterocycles. The number of aliphatic imine (C=N–C) groups is 1. The molecule has 1 saturated heterocycles. The number of piperidine rings is 1. The van der Waals surface area contributed by atoms with Gasteiger partial charge in [0.2, 0.25) is 0 Å². The van der Waals surface area contributed by atoms with Gasteiger partial charge in [0, 0.05) is 25.6 Å². The maximum Gasteiger partial charge on any atom is 0.102 e. The van der Waals surface area contributed by atoms with Crippen molar-refractivity contribution in [1.29, 1.82) is 0 Å². The van der Waals surface area contributed by atoms with E-state index in [0.717, 1.165) is 18.4 Å². The van der Waals surface area contributed by atoms with Gasteiger partial charge in [0.25, 0.3) is 0 Å². The summed E-state index contributed by atoms with van der Waals surface area (Å²) in [7, 11) is 0. The summed E-state index contributed by atoms with van der Waals surface area (Å²) in [5, 5.41) is 0. The SMILES string of the molecule is CC(C)C1CCCN2CCCN=C12. The molecule has 2 heteroatoms. The summed E-state index contributed by atoms with van der Waals surface area (Å²) >= 11 is 0. The molecule has 0 spiro atoms. The lowest BCUT2D eigenvalue weighted by atomic mass is 9.86. The van der Waals surface area contributed by atoms with Gasteiger partial charge in [0.15, 0.2) is 0 Å². The highest BCUT2D eigenvalue weighted by Crippen LogP contribution is 2.27. The molecule has 1 unspecified atom stereocenters. The van der Waals surface area contributed by atoms with Gasteiger partial charge in [-0.15, -0.1) is 0 Å². The van der Waals surface area contributed by atoms with E-state index >= 15 is 0 Å². The first kappa shape index (κ1) is 9.04. The van der Waals surface area contributed by atoms with Crippen molar-refractivity contribution in [2.45, 2.75) is 33.1 Å². The van der Waals surface area contributed by atoms with Crippen LogP contribution in [0.2, 0.25) is 0 Å². The molecular formula is C11H20N2. The van der Waals surface area contributed by atoms with Crippen molar-refractivity contribution in [2.75, 3.05) is 19.6 Å². The number of rotatable bonds is 1. The van der Waals surface area contributed by atoms with E-state index in [1.807, 2.05) is 0 Å². The van der Waals surface area contributed by atoms with Crippen LogP contribution in [0.3, 0.4) is 0 Å². The minimum Gasteiger partial charge on any atom is -0.360 e. The predicted molar refractivity (Wildman–Crippen MR) is 56.1 cm³/mol. The van der Waals surface area contributed by atoms with Gasteiger partial charge in [-0.3, -0.25) is 4.99 Å². The second kappa shape index (κ2) is 3.69. The molecule has 2 aliphatic rings. The van der Waals surface area contributed by atoms with Crippen LogP contribution in [0.4, 0.5) is 0 Å². The molecule has 2 nitrogen and oxygen atoms in total. The molecule has 1 fully saturated rings. The van der Waals surface area contributed by atoms with Crippen LogP contribution in [0.25, 0.3) is 0 Å². The lowest BCUT2D eigenvalue weighted by molar-refractivity contribution is 0.281. The van der Waals surface area contributed by atoms with Gasteiger partial charge >= 0.3 is 0 Å². The van der Waals surface area contributed by atoms with Crippen LogP contribution in [0.1, 0.15) is 33.1 Å². The lowest BCUT2D eigenvalue weighted by Crippen LogP contribution is -2.45. The third-order valence-corrected chi connectivity index (χ3v) is 3.26. The van der Waals surface area contributed by atoms with Crippen LogP contribution >= 0.6 is 0 Å². The highest BCUT2D eigenvalue weighted by molar-refractivity contribution is 5.86. The fourth-order valence-electron chi connectivity index (χ4n) is 2.51. The normalized spacial score (nSPS) is 28.7. The van der Waals surface area contributed by atoms with E-state index in [2.05, 4.69) is 18.7 Å². The topological polar surface area (TPSA) is 15.6 Å². The molecule has 2 rings (SSSR count). The number of hydrogen-bond acceptors (Lipinski definition) is 2. The summed E-state index contributed by atoms with van der Waals surface area (Å²) < 4.78 is 0. The first-order chi connectivity index (χ1) is 6.29. The zero-order chi connectivity index (χ0) is 9.26. The summed E-state index contributed by atoms with van der Waals surface area (Å²) in [4.78, 5) is 7.21. The third kappa shape index (κ3) is 1.72. The van der Waals surface area contributed by atoms with Crippen LogP contribution in [0.15, 0.2) is 4.99 Å². The average Bonchev–Trinajstić information content (AvgIpc) is 2.17. The minimum absolute atomic E-state index is 0.744. The van der Waals surface area contributed by atoms with Crippen molar-refractivity contribution in [3.63, 3.8) is 0 Å². The van der Waals surface area contributed by atoms with Gasteiger partial charge < -0.3 is 4.90 Å². The summed E-state index contributed by atoms with van der Waals surface area (Å²) in [5.74, 6) is 2.93. The summed E-state index contributed by atoms with van der Waals surface area (Å²) in [6.07, 6.45) is 3.98. The quantitative estimate of drug-likeness (QED) is 0.603. The first-order valence-electron chi connectivity index (χ1n) is 5.58. The average molecular weight is 180 g/mol. The molecule has 13 heavy (non-hydrogen) atoms. The van der Waals surface area contributed by atoms with Crippen LogP contribution in [0, 0.1) is 11.8 Å². The van der Waals surface area contributed by atoms with Gasteiger partial charge in [-0.1, -0.05) is 13.8 Å². The third-order valence-electron chi connectivity index (χ3n) is 3.26. The second-order valence-electron chi connectivity index (χ2n) is 4.57. The van der Waals surface area contributed by atoms with Crippen molar-refractivity contribution < 1.29 is 0 Å². The second-order valence-corrected chi connectivity index (χ2v) is 4.57. The largest absolute Gasteiger partial charge is 0.360 e. The Bertz CT molecular complexity index is 208. The molecule has 0 bridgehead atoms. The Labute approximate surface area is 81.0 Å².